The summed E-state index contributed by atoms with van der Waals surface area (Å²) in [6, 6.07) is 19.0. The first-order chi connectivity index (χ1) is 23.8. The molecule has 0 saturated heterocycles. The number of hydrogen-bond acceptors (Lipinski definition) is 7. The Morgan fingerprint density at radius 3 is 1.48 bits per heavy atom. The van der Waals surface area contributed by atoms with Crippen molar-refractivity contribution in [2.75, 3.05) is 18.0 Å². The first kappa shape index (κ1) is 33.3. The largest absolute Gasteiger partial charge is 0.433 e. The third-order valence-electron chi connectivity index (χ3n) is 8.30. The predicted octanol–water partition coefficient (Wildman–Crippen LogP) is 7.93. The molecule has 0 spiro atoms. The molecule has 0 aliphatic heterocycles. The van der Waals surface area contributed by atoms with Crippen molar-refractivity contribution in [1.29, 1.82) is 0 Å². The lowest BCUT2D eigenvalue weighted by Gasteiger charge is -2.23. The van der Waals surface area contributed by atoms with E-state index in [0.29, 0.717) is 48.6 Å². The first-order valence-corrected chi connectivity index (χ1v) is 16.8. The minimum atomic E-state index is -5.25. The van der Waals surface area contributed by atoms with Gasteiger partial charge in [-0.3, -0.25) is 19.8 Å². The van der Waals surface area contributed by atoms with E-state index in [4.69, 9.17) is 0 Å². The molecular weight excluding hydrogens is 705 g/mol. The zero-order valence-corrected chi connectivity index (χ0v) is 27.7. The summed E-state index contributed by atoms with van der Waals surface area (Å²) in [6.07, 6.45) is -10.5. The molecule has 7 aromatic rings. The fraction of sp³-hybridized carbons (Fsp3) is 0.212. The number of hydrogen-bond donors (Lipinski definition) is 2. The van der Waals surface area contributed by atoms with Gasteiger partial charge in [-0.15, -0.1) is 0 Å². The summed E-state index contributed by atoms with van der Waals surface area (Å²) in [5.41, 5.74) is -6.73. The van der Waals surface area contributed by atoms with Crippen LogP contribution in [-0.4, -0.2) is 42.6 Å². The van der Waals surface area contributed by atoms with Crippen molar-refractivity contribution < 1.29 is 26.3 Å². The minimum Gasteiger partial charge on any atom is -0.372 e. The van der Waals surface area contributed by atoms with Crippen LogP contribution in [0.25, 0.3) is 30.7 Å². The van der Waals surface area contributed by atoms with Crippen molar-refractivity contribution in [2.24, 2.45) is 0 Å². The standard InChI is InChI=1S/C33H25F6N7O2S2/c1-3-44(4-2)18-15-13-17(14-16-18)23(24-26(32(34,35)36)42-45(28(24)47)30-40-19-9-5-7-11-21(19)49-30)25-27(33(37,38)39)43-46(29(25)48)31-41-20-10-6-8-12-22(20)50-31/h5-16,23,42-43H,3-4H2,1-2H3. The van der Waals surface area contributed by atoms with E-state index < -0.39 is 51.9 Å². The zero-order valence-electron chi connectivity index (χ0n) is 26.1. The van der Waals surface area contributed by atoms with Crippen LogP contribution in [0.1, 0.15) is 47.8 Å². The van der Waals surface area contributed by atoms with Crippen LogP contribution in [0.15, 0.2) is 82.4 Å². The Morgan fingerprint density at radius 1 is 0.680 bits per heavy atom. The fourth-order valence-corrected chi connectivity index (χ4v) is 7.84. The third kappa shape index (κ3) is 5.69. The van der Waals surface area contributed by atoms with Crippen molar-refractivity contribution in [1.82, 2.24) is 29.5 Å². The Balaban J connectivity index is 1.54. The van der Waals surface area contributed by atoms with E-state index in [1.165, 1.54) is 24.3 Å². The monoisotopic (exact) mass is 729 g/mol. The lowest BCUT2D eigenvalue weighted by atomic mass is 9.84. The van der Waals surface area contributed by atoms with Crippen LogP contribution in [0.4, 0.5) is 32.0 Å². The minimum absolute atomic E-state index is 0.142. The number of benzene rings is 3. The van der Waals surface area contributed by atoms with Gasteiger partial charge >= 0.3 is 12.4 Å². The highest BCUT2D eigenvalue weighted by Crippen LogP contribution is 2.43. The van der Waals surface area contributed by atoms with Crippen molar-refractivity contribution in [3.8, 4) is 10.3 Å². The topological polar surface area (TPSA) is 105 Å². The van der Waals surface area contributed by atoms with Crippen LogP contribution in [-0.2, 0) is 12.4 Å². The number of para-hydroxylation sites is 2. The molecule has 258 valence electrons. The lowest BCUT2D eigenvalue weighted by Crippen LogP contribution is -2.27. The maximum Gasteiger partial charge on any atom is 0.433 e. The zero-order chi connectivity index (χ0) is 35.5. The molecule has 4 heterocycles. The normalized spacial score (nSPS) is 12.5. The molecule has 0 saturated carbocycles. The van der Waals surface area contributed by atoms with Crippen molar-refractivity contribution in [3.05, 3.63) is 122 Å². The molecule has 0 unspecified atom stereocenters. The molecule has 0 radical (unpaired) electrons. The highest BCUT2D eigenvalue weighted by molar-refractivity contribution is 7.21. The number of aromatic amines is 2. The van der Waals surface area contributed by atoms with Crippen LogP contribution in [0, 0.1) is 0 Å². The quantitative estimate of drug-likeness (QED) is 0.155. The van der Waals surface area contributed by atoms with Crippen LogP contribution < -0.4 is 16.0 Å². The Morgan fingerprint density at radius 2 is 1.10 bits per heavy atom. The maximum absolute atomic E-state index is 14.9. The summed E-state index contributed by atoms with van der Waals surface area (Å²) in [6.45, 7) is 4.93. The SMILES string of the molecule is CCN(CC)c1ccc(C(c2c(C(F)(F)F)[nH]n(-c3nc4ccccc4s3)c2=O)c2c(C(F)(F)F)[nH]n(-c3nc4ccccc4s3)c2=O)cc1. The highest BCUT2D eigenvalue weighted by Gasteiger charge is 2.47. The summed E-state index contributed by atoms with van der Waals surface area (Å²) in [7, 11) is 0. The predicted molar refractivity (Wildman–Crippen MR) is 180 cm³/mol. The van der Waals surface area contributed by atoms with Gasteiger partial charge in [0, 0.05) is 24.7 Å². The molecular formula is C33H25F6N7O2S2. The van der Waals surface area contributed by atoms with Crippen LogP contribution in [0.2, 0.25) is 0 Å². The maximum atomic E-state index is 14.9. The van der Waals surface area contributed by atoms with Crippen molar-refractivity contribution in [2.45, 2.75) is 32.1 Å². The van der Waals surface area contributed by atoms with Crippen LogP contribution in [0.3, 0.4) is 0 Å². The molecule has 4 aromatic heterocycles. The van der Waals surface area contributed by atoms with Crippen LogP contribution >= 0.6 is 22.7 Å². The van der Waals surface area contributed by atoms with Crippen molar-refractivity contribution >= 4 is 48.8 Å². The van der Waals surface area contributed by atoms with Gasteiger partial charge < -0.3 is 4.90 Å². The molecule has 0 amide bonds. The van der Waals surface area contributed by atoms with Gasteiger partial charge in [-0.05, 0) is 55.8 Å². The Labute approximate surface area is 286 Å². The number of alkyl halides is 6. The van der Waals surface area contributed by atoms with Gasteiger partial charge in [0.2, 0.25) is 10.3 Å². The summed E-state index contributed by atoms with van der Waals surface area (Å²) in [5.74, 6) is -2.13. The average molecular weight is 730 g/mol. The Kier molecular flexibility index (Phi) is 8.21. The lowest BCUT2D eigenvalue weighted by molar-refractivity contribution is -0.142. The molecule has 0 aliphatic rings. The number of halogens is 6. The second kappa shape index (κ2) is 12.3. The molecule has 7 rings (SSSR count). The smallest absolute Gasteiger partial charge is 0.372 e. The Hall–Kier alpha value is -5.16. The number of nitrogens with zero attached hydrogens (tertiary/aromatic N) is 5. The van der Waals surface area contributed by atoms with Gasteiger partial charge in [0.1, 0.15) is 11.4 Å². The molecule has 3 aromatic carbocycles. The van der Waals surface area contributed by atoms with Gasteiger partial charge in [-0.2, -0.15) is 35.7 Å². The number of H-pyrrole nitrogens is 2. The van der Waals surface area contributed by atoms with Gasteiger partial charge in [0.05, 0.1) is 31.6 Å². The van der Waals surface area contributed by atoms with Gasteiger partial charge in [0.25, 0.3) is 11.1 Å². The van der Waals surface area contributed by atoms with E-state index in [1.54, 1.807) is 48.5 Å². The van der Waals surface area contributed by atoms with Crippen LogP contribution in [0.5, 0.6) is 0 Å². The molecule has 17 heteroatoms. The number of thiazole rings is 2. The van der Waals surface area contributed by atoms with Crippen molar-refractivity contribution in [3.63, 3.8) is 0 Å². The molecule has 0 bridgehead atoms. The molecule has 2 N–H and O–H groups in total. The average Bonchev–Trinajstić information content (AvgIpc) is 3.85. The molecule has 0 atom stereocenters. The van der Waals surface area contributed by atoms with E-state index >= 15 is 0 Å². The summed E-state index contributed by atoms with van der Waals surface area (Å²) >= 11 is 1.83. The summed E-state index contributed by atoms with van der Waals surface area (Å²) in [4.78, 5) is 38.9. The number of fused-ring (bicyclic) bond motifs is 2. The molecule has 50 heavy (non-hydrogen) atoms. The number of nitrogens with one attached hydrogen (secondary N) is 2. The summed E-state index contributed by atoms with van der Waals surface area (Å²) < 4.78 is 91.7. The molecule has 0 aliphatic carbocycles. The number of anilines is 1. The summed E-state index contributed by atoms with van der Waals surface area (Å²) in [5, 5.41) is 3.82. The van der Waals surface area contributed by atoms with Gasteiger partial charge in [-0.25, -0.2) is 9.97 Å². The first-order valence-electron chi connectivity index (χ1n) is 15.2. The van der Waals surface area contributed by atoms with E-state index in [9.17, 15) is 35.9 Å². The van der Waals surface area contributed by atoms with E-state index in [-0.39, 0.29) is 15.8 Å². The second-order valence-electron chi connectivity index (χ2n) is 11.2. The van der Waals surface area contributed by atoms with E-state index in [2.05, 4.69) is 20.2 Å². The van der Waals surface area contributed by atoms with E-state index in [1.807, 2.05) is 18.7 Å². The van der Waals surface area contributed by atoms with E-state index in [0.717, 1.165) is 22.7 Å². The number of rotatable bonds is 8. The van der Waals surface area contributed by atoms with Gasteiger partial charge in [-0.1, -0.05) is 59.1 Å². The molecule has 0 fully saturated rings. The number of aromatic nitrogens is 6. The van der Waals surface area contributed by atoms with Gasteiger partial charge in [0.15, 0.2) is 0 Å². The fourth-order valence-electron chi connectivity index (χ4n) is 5.99. The third-order valence-corrected chi connectivity index (χ3v) is 10.3. The highest BCUT2D eigenvalue weighted by atomic mass is 32.1. The Bertz CT molecular complexity index is 2250. The molecule has 9 nitrogen and oxygen atoms in total. The second-order valence-corrected chi connectivity index (χ2v) is 13.2.